The summed E-state index contributed by atoms with van der Waals surface area (Å²) in [6.07, 6.45) is 3.33. The predicted octanol–water partition coefficient (Wildman–Crippen LogP) is 3.81. The number of hydrogen-bond donors (Lipinski definition) is 1. The summed E-state index contributed by atoms with van der Waals surface area (Å²) in [5.74, 6) is 1.29. The molecule has 4 nitrogen and oxygen atoms in total. The normalized spacial score (nSPS) is 10.6. The van der Waals surface area contributed by atoms with Gasteiger partial charge in [0.25, 0.3) is 0 Å². The molecule has 1 amide bonds. The lowest BCUT2D eigenvalue weighted by Crippen LogP contribution is -2.20. The molecule has 0 aromatic heterocycles. The van der Waals surface area contributed by atoms with Crippen LogP contribution in [0.5, 0.6) is 11.5 Å². The second-order valence-electron chi connectivity index (χ2n) is 5.11. The van der Waals surface area contributed by atoms with Crippen LogP contribution in [0.25, 0.3) is 6.08 Å². The molecule has 0 saturated heterocycles. The predicted molar refractivity (Wildman–Crippen MR) is 96.1 cm³/mol. The van der Waals surface area contributed by atoms with E-state index in [9.17, 15) is 4.79 Å². The van der Waals surface area contributed by atoms with Gasteiger partial charge in [-0.3, -0.25) is 4.79 Å². The first-order valence-electron chi connectivity index (χ1n) is 8.12. The highest BCUT2D eigenvalue weighted by Crippen LogP contribution is 2.28. The van der Waals surface area contributed by atoms with Crippen LogP contribution in [0.3, 0.4) is 0 Å². The van der Waals surface area contributed by atoms with E-state index < -0.39 is 0 Å². The van der Waals surface area contributed by atoms with Crippen LogP contribution in [0.4, 0.5) is 0 Å². The third-order valence-corrected chi connectivity index (χ3v) is 3.30. The highest BCUT2D eigenvalue weighted by molar-refractivity contribution is 5.91. The van der Waals surface area contributed by atoms with Crippen LogP contribution in [0.1, 0.15) is 25.0 Å². The molecular weight excluding hydrogens is 302 g/mol. The standard InChI is InChI=1S/C20H23NO3/c1-3-23-18-12-10-17(14-19(18)24-4-2)15-21-20(22)13-11-16-8-6-5-7-9-16/h5-14H,3-4,15H2,1-2H3,(H,21,22)/b13-11+. The van der Waals surface area contributed by atoms with Crippen molar-refractivity contribution in [3.63, 3.8) is 0 Å². The number of nitrogens with one attached hydrogen (secondary N) is 1. The van der Waals surface area contributed by atoms with Crippen molar-refractivity contribution in [2.45, 2.75) is 20.4 Å². The lowest BCUT2D eigenvalue weighted by Gasteiger charge is -2.12. The first-order valence-corrected chi connectivity index (χ1v) is 8.12. The molecule has 0 fully saturated rings. The van der Waals surface area contributed by atoms with Crippen molar-refractivity contribution in [2.24, 2.45) is 0 Å². The van der Waals surface area contributed by atoms with Crippen molar-refractivity contribution in [1.29, 1.82) is 0 Å². The second kappa shape index (κ2) is 9.40. The van der Waals surface area contributed by atoms with Crippen molar-refractivity contribution in [3.05, 3.63) is 65.7 Å². The minimum Gasteiger partial charge on any atom is -0.490 e. The maximum absolute atomic E-state index is 11.9. The van der Waals surface area contributed by atoms with Crippen molar-refractivity contribution < 1.29 is 14.3 Å². The highest BCUT2D eigenvalue weighted by Gasteiger charge is 2.06. The summed E-state index contributed by atoms with van der Waals surface area (Å²) in [6.45, 7) is 5.45. The molecule has 24 heavy (non-hydrogen) atoms. The molecule has 0 radical (unpaired) electrons. The lowest BCUT2D eigenvalue weighted by molar-refractivity contribution is -0.116. The Bertz CT molecular complexity index is 681. The van der Waals surface area contributed by atoms with E-state index >= 15 is 0 Å². The third-order valence-electron chi connectivity index (χ3n) is 3.30. The van der Waals surface area contributed by atoms with E-state index in [2.05, 4.69) is 5.32 Å². The molecule has 126 valence electrons. The molecule has 2 aromatic rings. The highest BCUT2D eigenvalue weighted by atomic mass is 16.5. The smallest absolute Gasteiger partial charge is 0.244 e. The fraction of sp³-hybridized carbons (Fsp3) is 0.250. The molecule has 0 heterocycles. The molecule has 2 rings (SSSR count). The molecule has 4 heteroatoms. The number of carbonyl (C=O) groups excluding carboxylic acids is 1. The van der Waals surface area contributed by atoms with E-state index in [0.717, 1.165) is 16.9 Å². The first kappa shape index (κ1) is 17.6. The Morgan fingerprint density at radius 1 is 1.00 bits per heavy atom. The minimum atomic E-state index is -0.134. The summed E-state index contributed by atoms with van der Waals surface area (Å²) in [6, 6.07) is 15.4. The van der Waals surface area contributed by atoms with Crippen LogP contribution < -0.4 is 14.8 Å². The van der Waals surface area contributed by atoms with Gasteiger partial charge in [0, 0.05) is 12.6 Å². The van der Waals surface area contributed by atoms with E-state index in [4.69, 9.17) is 9.47 Å². The molecule has 0 unspecified atom stereocenters. The SMILES string of the molecule is CCOc1ccc(CNC(=O)/C=C/c2ccccc2)cc1OCC. The molecule has 2 aromatic carbocycles. The summed E-state index contributed by atoms with van der Waals surface area (Å²) in [5, 5.41) is 2.87. The van der Waals surface area contributed by atoms with Crippen LogP contribution in [0, 0.1) is 0 Å². The van der Waals surface area contributed by atoms with Gasteiger partial charge in [-0.1, -0.05) is 36.4 Å². The second-order valence-corrected chi connectivity index (χ2v) is 5.11. The maximum atomic E-state index is 11.9. The van der Waals surface area contributed by atoms with E-state index in [0.29, 0.717) is 25.5 Å². The molecule has 0 atom stereocenters. The molecule has 0 saturated carbocycles. The van der Waals surface area contributed by atoms with Gasteiger partial charge < -0.3 is 14.8 Å². The van der Waals surface area contributed by atoms with Crippen molar-refractivity contribution >= 4 is 12.0 Å². The third kappa shape index (κ3) is 5.47. The van der Waals surface area contributed by atoms with Gasteiger partial charge in [0.15, 0.2) is 11.5 Å². The van der Waals surface area contributed by atoms with Gasteiger partial charge in [-0.25, -0.2) is 0 Å². The zero-order valence-corrected chi connectivity index (χ0v) is 14.1. The number of benzene rings is 2. The van der Waals surface area contributed by atoms with Crippen molar-refractivity contribution in [3.8, 4) is 11.5 Å². The quantitative estimate of drug-likeness (QED) is 0.751. The van der Waals surface area contributed by atoms with Gasteiger partial charge in [0.2, 0.25) is 5.91 Å². The number of amides is 1. The van der Waals surface area contributed by atoms with Crippen LogP contribution in [0.15, 0.2) is 54.6 Å². The minimum absolute atomic E-state index is 0.134. The summed E-state index contributed by atoms with van der Waals surface area (Å²) in [4.78, 5) is 11.9. The summed E-state index contributed by atoms with van der Waals surface area (Å²) in [7, 11) is 0. The van der Waals surface area contributed by atoms with Gasteiger partial charge in [-0.2, -0.15) is 0 Å². The molecule has 0 aliphatic rings. The van der Waals surface area contributed by atoms with Crippen LogP contribution in [0.2, 0.25) is 0 Å². The average molecular weight is 325 g/mol. The van der Waals surface area contributed by atoms with E-state index in [-0.39, 0.29) is 5.91 Å². The molecule has 1 N–H and O–H groups in total. The van der Waals surface area contributed by atoms with Crippen LogP contribution in [-0.2, 0) is 11.3 Å². The first-order chi connectivity index (χ1) is 11.7. The number of rotatable bonds is 8. The monoisotopic (exact) mass is 325 g/mol. The topological polar surface area (TPSA) is 47.6 Å². The molecular formula is C20H23NO3. The van der Waals surface area contributed by atoms with Gasteiger partial charge in [-0.15, -0.1) is 0 Å². The number of carbonyl (C=O) groups is 1. The Hall–Kier alpha value is -2.75. The summed E-state index contributed by atoms with van der Waals surface area (Å²) >= 11 is 0. The van der Waals surface area contributed by atoms with Gasteiger partial charge >= 0.3 is 0 Å². The zero-order valence-electron chi connectivity index (χ0n) is 14.1. The summed E-state index contributed by atoms with van der Waals surface area (Å²) < 4.78 is 11.1. The van der Waals surface area contributed by atoms with E-state index in [1.165, 1.54) is 6.08 Å². The Morgan fingerprint density at radius 3 is 2.42 bits per heavy atom. The van der Waals surface area contributed by atoms with Gasteiger partial charge in [-0.05, 0) is 43.2 Å². The Labute approximate surface area is 143 Å². The Kier molecular flexibility index (Phi) is 6.90. The summed E-state index contributed by atoms with van der Waals surface area (Å²) in [5.41, 5.74) is 1.95. The Balaban J connectivity index is 1.94. The van der Waals surface area contributed by atoms with Crippen molar-refractivity contribution in [1.82, 2.24) is 5.32 Å². The largest absolute Gasteiger partial charge is 0.490 e. The van der Waals surface area contributed by atoms with Crippen LogP contribution in [-0.4, -0.2) is 19.1 Å². The molecule has 0 bridgehead atoms. The fourth-order valence-corrected chi connectivity index (χ4v) is 2.19. The van der Waals surface area contributed by atoms with Crippen molar-refractivity contribution in [2.75, 3.05) is 13.2 Å². The maximum Gasteiger partial charge on any atom is 0.244 e. The van der Waals surface area contributed by atoms with E-state index in [1.54, 1.807) is 6.08 Å². The lowest BCUT2D eigenvalue weighted by atomic mass is 10.2. The number of ether oxygens (including phenoxy) is 2. The number of hydrogen-bond acceptors (Lipinski definition) is 3. The molecule has 0 spiro atoms. The molecule has 0 aliphatic heterocycles. The van der Waals surface area contributed by atoms with Gasteiger partial charge in [0.1, 0.15) is 0 Å². The van der Waals surface area contributed by atoms with Gasteiger partial charge in [0.05, 0.1) is 13.2 Å². The fourth-order valence-electron chi connectivity index (χ4n) is 2.19. The zero-order chi connectivity index (χ0) is 17.2. The molecule has 0 aliphatic carbocycles. The van der Waals surface area contributed by atoms with Crippen LogP contribution >= 0.6 is 0 Å². The van der Waals surface area contributed by atoms with E-state index in [1.807, 2.05) is 62.4 Å². The Morgan fingerprint density at radius 2 is 1.71 bits per heavy atom. The average Bonchev–Trinajstić information content (AvgIpc) is 2.61.